The Morgan fingerprint density at radius 2 is 2.24 bits per heavy atom. The number of rotatable bonds is 5. The molecule has 0 aliphatic rings. The fourth-order valence-electron chi connectivity index (χ4n) is 1.55. The van der Waals surface area contributed by atoms with Gasteiger partial charge in [0, 0.05) is 17.3 Å². The molecule has 2 N–H and O–H groups in total. The summed E-state index contributed by atoms with van der Waals surface area (Å²) >= 11 is 3.44. The quantitative estimate of drug-likeness (QED) is 0.919. The van der Waals surface area contributed by atoms with Crippen LogP contribution in [0.3, 0.4) is 0 Å². The van der Waals surface area contributed by atoms with Gasteiger partial charge in [0.15, 0.2) is 5.82 Å². The number of halogens is 1. The van der Waals surface area contributed by atoms with Gasteiger partial charge in [0.2, 0.25) is 5.89 Å². The number of nitrogens with two attached hydrogens (primary N) is 1. The van der Waals surface area contributed by atoms with Crippen molar-refractivity contribution in [3.63, 3.8) is 0 Å². The molecule has 0 fully saturated rings. The fourth-order valence-corrected chi connectivity index (χ4v) is 1.99. The number of aryl methyl sites for hydroxylation is 1. The highest BCUT2D eigenvalue weighted by Crippen LogP contribution is 2.14. The lowest BCUT2D eigenvalue weighted by atomic mass is 10.1. The van der Waals surface area contributed by atoms with E-state index in [0.29, 0.717) is 18.9 Å². The minimum absolute atomic E-state index is 0.642. The van der Waals surface area contributed by atoms with Gasteiger partial charge in [-0.25, -0.2) is 0 Å². The van der Waals surface area contributed by atoms with Gasteiger partial charge in [0.1, 0.15) is 0 Å². The number of aromatic nitrogens is 2. The van der Waals surface area contributed by atoms with Gasteiger partial charge in [-0.15, -0.1) is 0 Å². The minimum Gasteiger partial charge on any atom is -0.339 e. The van der Waals surface area contributed by atoms with Crippen molar-refractivity contribution in [2.75, 3.05) is 6.54 Å². The number of benzene rings is 1. The zero-order valence-corrected chi connectivity index (χ0v) is 11.0. The van der Waals surface area contributed by atoms with Gasteiger partial charge >= 0.3 is 0 Å². The molecule has 0 radical (unpaired) electrons. The average molecular weight is 296 g/mol. The predicted molar refractivity (Wildman–Crippen MR) is 68.6 cm³/mol. The minimum atomic E-state index is 0.642. The molecule has 1 heterocycles. The predicted octanol–water partition coefficient (Wildman–Crippen LogP) is 2.31. The first-order valence-corrected chi connectivity index (χ1v) is 6.33. The Kier molecular flexibility index (Phi) is 4.28. The summed E-state index contributed by atoms with van der Waals surface area (Å²) in [5.74, 6) is 1.38. The fraction of sp³-hybridized carbons (Fsp3) is 0.333. The van der Waals surface area contributed by atoms with E-state index < -0.39 is 0 Å². The largest absolute Gasteiger partial charge is 0.339 e. The van der Waals surface area contributed by atoms with Gasteiger partial charge < -0.3 is 10.3 Å². The van der Waals surface area contributed by atoms with E-state index in [1.165, 1.54) is 0 Å². The number of hydrogen-bond acceptors (Lipinski definition) is 4. The molecule has 0 amide bonds. The zero-order chi connectivity index (χ0) is 12.1. The molecule has 0 spiro atoms. The molecule has 1 aromatic carbocycles. The highest BCUT2D eigenvalue weighted by molar-refractivity contribution is 9.10. The van der Waals surface area contributed by atoms with E-state index >= 15 is 0 Å². The second-order valence-electron chi connectivity index (χ2n) is 3.80. The smallest absolute Gasteiger partial charge is 0.226 e. The monoisotopic (exact) mass is 295 g/mol. The van der Waals surface area contributed by atoms with Crippen molar-refractivity contribution in [3.05, 3.63) is 46.0 Å². The molecule has 2 rings (SSSR count). The second kappa shape index (κ2) is 5.93. The number of hydrogen-bond donors (Lipinski definition) is 1. The first-order chi connectivity index (χ1) is 8.28. The summed E-state index contributed by atoms with van der Waals surface area (Å²) in [6.07, 6.45) is 2.31. The van der Waals surface area contributed by atoms with Gasteiger partial charge in [-0.1, -0.05) is 33.2 Å². The summed E-state index contributed by atoms with van der Waals surface area (Å²) in [6, 6.07) is 8.08. The van der Waals surface area contributed by atoms with E-state index in [-0.39, 0.29) is 0 Å². The van der Waals surface area contributed by atoms with Crippen molar-refractivity contribution >= 4 is 15.9 Å². The molecule has 1 aromatic heterocycles. The Hall–Kier alpha value is -1.20. The molecular weight excluding hydrogens is 282 g/mol. The zero-order valence-electron chi connectivity index (χ0n) is 9.40. The molecule has 0 aliphatic carbocycles. The molecular formula is C12H14BrN3O. The molecule has 0 bridgehead atoms. The maximum Gasteiger partial charge on any atom is 0.226 e. The van der Waals surface area contributed by atoms with E-state index in [4.69, 9.17) is 10.3 Å². The van der Waals surface area contributed by atoms with Crippen LogP contribution >= 0.6 is 15.9 Å². The third-order valence-electron chi connectivity index (χ3n) is 2.36. The Bertz CT molecular complexity index is 484. The van der Waals surface area contributed by atoms with Crippen LogP contribution in [-0.4, -0.2) is 16.7 Å². The summed E-state index contributed by atoms with van der Waals surface area (Å²) in [7, 11) is 0. The van der Waals surface area contributed by atoms with Gasteiger partial charge in [-0.3, -0.25) is 0 Å². The first-order valence-electron chi connectivity index (χ1n) is 5.54. The van der Waals surface area contributed by atoms with E-state index in [1.54, 1.807) is 0 Å². The Morgan fingerprint density at radius 1 is 1.35 bits per heavy atom. The average Bonchev–Trinajstić information content (AvgIpc) is 2.74. The lowest BCUT2D eigenvalue weighted by molar-refractivity contribution is 0.371. The van der Waals surface area contributed by atoms with Crippen molar-refractivity contribution in [3.8, 4) is 0 Å². The van der Waals surface area contributed by atoms with Crippen LogP contribution in [-0.2, 0) is 12.8 Å². The van der Waals surface area contributed by atoms with Gasteiger partial charge in [0.25, 0.3) is 0 Å². The van der Waals surface area contributed by atoms with Crippen molar-refractivity contribution < 1.29 is 4.52 Å². The Labute approximate surface area is 108 Å². The molecule has 0 saturated heterocycles. The normalized spacial score (nSPS) is 10.7. The molecule has 0 unspecified atom stereocenters. The molecule has 17 heavy (non-hydrogen) atoms. The SMILES string of the molecule is NCCCc1nc(Cc2cccc(Br)c2)no1. The summed E-state index contributed by atoms with van der Waals surface area (Å²) in [5, 5.41) is 3.95. The van der Waals surface area contributed by atoms with Crippen LogP contribution in [0.1, 0.15) is 23.7 Å². The molecule has 0 aliphatic heterocycles. The third kappa shape index (κ3) is 3.64. The van der Waals surface area contributed by atoms with Crippen molar-refractivity contribution in [1.82, 2.24) is 10.1 Å². The van der Waals surface area contributed by atoms with Crippen LogP contribution < -0.4 is 5.73 Å². The molecule has 5 heteroatoms. The standard InChI is InChI=1S/C12H14BrN3O/c13-10-4-1-3-9(7-10)8-11-15-12(17-16-11)5-2-6-14/h1,3-4,7H,2,5-6,8,14H2. The van der Waals surface area contributed by atoms with E-state index in [1.807, 2.05) is 18.2 Å². The van der Waals surface area contributed by atoms with Crippen molar-refractivity contribution in [1.29, 1.82) is 0 Å². The maximum atomic E-state index is 5.43. The van der Waals surface area contributed by atoms with Crippen LogP contribution in [0.2, 0.25) is 0 Å². The van der Waals surface area contributed by atoms with E-state index in [0.717, 1.165) is 28.7 Å². The summed E-state index contributed by atoms with van der Waals surface area (Å²) in [6.45, 7) is 0.642. The molecule has 2 aromatic rings. The third-order valence-corrected chi connectivity index (χ3v) is 2.85. The molecule has 0 saturated carbocycles. The molecule has 90 valence electrons. The van der Waals surface area contributed by atoms with Crippen molar-refractivity contribution in [2.45, 2.75) is 19.3 Å². The summed E-state index contributed by atoms with van der Waals surface area (Å²) in [5.41, 5.74) is 6.59. The van der Waals surface area contributed by atoms with Gasteiger partial charge in [0.05, 0.1) is 0 Å². The van der Waals surface area contributed by atoms with Gasteiger partial charge in [-0.05, 0) is 30.7 Å². The van der Waals surface area contributed by atoms with E-state index in [2.05, 4.69) is 32.1 Å². The lowest BCUT2D eigenvalue weighted by Gasteiger charge is -1.96. The second-order valence-corrected chi connectivity index (χ2v) is 4.72. The number of nitrogens with zero attached hydrogens (tertiary/aromatic N) is 2. The van der Waals surface area contributed by atoms with Crippen LogP contribution in [0.25, 0.3) is 0 Å². The van der Waals surface area contributed by atoms with Crippen LogP contribution in [0.5, 0.6) is 0 Å². The lowest BCUT2D eigenvalue weighted by Crippen LogP contribution is -2.00. The van der Waals surface area contributed by atoms with E-state index in [9.17, 15) is 0 Å². The molecule has 0 atom stereocenters. The summed E-state index contributed by atoms with van der Waals surface area (Å²) in [4.78, 5) is 4.32. The first kappa shape index (κ1) is 12.3. The highest BCUT2D eigenvalue weighted by atomic mass is 79.9. The summed E-state index contributed by atoms with van der Waals surface area (Å²) < 4.78 is 6.20. The van der Waals surface area contributed by atoms with Gasteiger partial charge in [-0.2, -0.15) is 4.98 Å². The molecule has 4 nitrogen and oxygen atoms in total. The van der Waals surface area contributed by atoms with Crippen LogP contribution in [0.15, 0.2) is 33.3 Å². The maximum absolute atomic E-state index is 5.43. The highest BCUT2D eigenvalue weighted by Gasteiger charge is 2.06. The van der Waals surface area contributed by atoms with Crippen LogP contribution in [0, 0.1) is 0 Å². The van der Waals surface area contributed by atoms with Crippen molar-refractivity contribution in [2.24, 2.45) is 5.73 Å². The topological polar surface area (TPSA) is 64.9 Å². The Balaban J connectivity index is 2.01. The van der Waals surface area contributed by atoms with Crippen LogP contribution in [0.4, 0.5) is 0 Å². The Morgan fingerprint density at radius 3 is 3.00 bits per heavy atom.